The van der Waals surface area contributed by atoms with Crippen LogP contribution in [0.15, 0.2) is 73.1 Å². The quantitative estimate of drug-likeness (QED) is 0.559. The molecule has 0 saturated heterocycles. The number of hydrogen-bond acceptors (Lipinski definition) is 2. The lowest BCUT2D eigenvalue weighted by Gasteiger charge is -2.11. The van der Waals surface area contributed by atoms with Gasteiger partial charge in [-0.1, -0.05) is 36.4 Å². The van der Waals surface area contributed by atoms with E-state index in [-0.39, 0.29) is 0 Å². The molecule has 112 valence electrons. The van der Waals surface area contributed by atoms with Crippen LogP contribution in [0.25, 0.3) is 22.4 Å². The van der Waals surface area contributed by atoms with E-state index in [2.05, 4.69) is 65.0 Å². The van der Waals surface area contributed by atoms with Crippen molar-refractivity contribution in [3.05, 3.63) is 84.2 Å². The summed E-state index contributed by atoms with van der Waals surface area (Å²) in [6, 6.07) is 20.8. The van der Waals surface area contributed by atoms with Crippen molar-refractivity contribution >= 4 is 11.0 Å². The number of rotatable bonds is 3. The van der Waals surface area contributed by atoms with Crippen LogP contribution in [0, 0.1) is 6.92 Å². The summed E-state index contributed by atoms with van der Waals surface area (Å²) in [6.07, 6.45) is 3.66. The van der Waals surface area contributed by atoms with Crippen molar-refractivity contribution in [1.82, 2.24) is 14.5 Å². The fraction of sp³-hybridized carbons (Fsp3) is 0.100. The Morgan fingerprint density at radius 1 is 0.913 bits per heavy atom. The number of pyridine rings is 1. The molecule has 0 bridgehead atoms. The fourth-order valence-corrected chi connectivity index (χ4v) is 2.91. The molecule has 0 atom stereocenters. The second kappa shape index (κ2) is 5.69. The van der Waals surface area contributed by atoms with Crippen molar-refractivity contribution in [1.29, 1.82) is 0 Å². The van der Waals surface area contributed by atoms with Crippen LogP contribution in [0.5, 0.6) is 0 Å². The van der Waals surface area contributed by atoms with Crippen LogP contribution in [0.1, 0.15) is 11.1 Å². The molecule has 0 fully saturated rings. The normalized spacial score (nSPS) is 11.0. The van der Waals surface area contributed by atoms with E-state index >= 15 is 0 Å². The minimum Gasteiger partial charge on any atom is -0.319 e. The number of fused-ring (bicyclic) bond motifs is 1. The Morgan fingerprint density at radius 2 is 1.74 bits per heavy atom. The van der Waals surface area contributed by atoms with Crippen LogP contribution in [0.4, 0.5) is 0 Å². The number of hydrogen-bond donors (Lipinski definition) is 0. The molecule has 0 amide bonds. The van der Waals surface area contributed by atoms with Crippen molar-refractivity contribution in [2.75, 3.05) is 0 Å². The first-order valence-corrected chi connectivity index (χ1v) is 7.73. The minimum atomic E-state index is 0.803. The van der Waals surface area contributed by atoms with Gasteiger partial charge in [0.15, 0.2) is 0 Å². The highest BCUT2D eigenvalue weighted by atomic mass is 15.1. The molecule has 4 aromatic rings. The average Bonchev–Trinajstić information content (AvgIpc) is 2.96. The Bertz CT molecular complexity index is 955. The molecule has 0 radical (unpaired) electrons. The highest BCUT2D eigenvalue weighted by Gasteiger charge is 2.13. The lowest BCUT2D eigenvalue weighted by molar-refractivity contribution is 0.827. The molecule has 0 N–H and O–H groups in total. The van der Waals surface area contributed by atoms with Gasteiger partial charge in [0, 0.05) is 24.5 Å². The lowest BCUT2D eigenvalue weighted by atomic mass is 10.1. The Morgan fingerprint density at radius 3 is 2.57 bits per heavy atom. The number of aromatic nitrogens is 3. The van der Waals surface area contributed by atoms with Crippen molar-refractivity contribution in [2.24, 2.45) is 0 Å². The van der Waals surface area contributed by atoms with Crippen LogP contribution in [0.2, 0.25) is 0 Å². The molecule has 0 aliphatic heterocycles. The molecule has 2 heterocycles. The summed E-state index contributed by atoms with van der Waals surface area (Å²) in [4.78, 5) is 9.08. The monoisotopic (exact) mass is 299 g/mol. The van der Waals surface area contributed by atoms with E-state index in [9.17, 15) is 0 Å². The highest BCUT2D eigenvalue weighted by molar-refractivity contribution is 5.80. The SMILES string of the molecule is Cc1ccccc1Cn1c(-c2cccnc2)nc2ccccc21. The predicted molar refractivity (Wildman–Crippen MR) is 93.2 cm³/mol. The minimum absolute atomic E-state index is 0.803. The lowest BCUT2D eigenvalue weighted by Crippen LogP contribution is -2.03. The van der Waals surface area contributed by atoms with Gasteiger partial charge in [0.1, 0.15) is 5.82 Å². The first kappa shape index (κ1) is 13.7. The topological polar surface area (TPSA) is 30.7 Å². The third kappa shape index (κ3) is 2.50. The summed E-state index contributed by atoms with van der Waals surface area (Å²) >= 11 is 0. The zero-order chi connectivity index (χ0) is 15.6. The largest absolute Gasteiger partial charge is 0.319 e. The van der Waals surface area contributed by atoms with Gasteiger partial charge in [-0.2, -0.15) is 0 Å². The Balaban J connectivity index is 1.92. The van der Waals surface area contributed by atoms with Gasteiger partial charge in [-0.25, -0.2) is 4.98 Å². The highest BCUT2D eigenvalue weighted by Crippen LogP contribution is 2.25. The number of para-hydroxylation sites is 2. The van der Waals surface area contributed by atoms with E-state index in [0.29, 0.717) is 0 Å². The second-order valence-electron chi connectivity index (χ2n) is 5.68. The van der Waals surface area contributed by atoms with Crippen LogP contribution < -0.4 is 0 Å². The van der Waals surface area contributed by atoms with Gasteiger partial charge in [0.25, 0.3) is 0 Å². The van der Waals surface area contributed by atoms with Crippen LogP contribution in [-0.4, -0.2) is 14.5 Å². The van der Waals surface area contributed by atoms with Gasteiger partial charge >= 0.3 is 0 Å². The smallest absolute Gasteiger partial charge is 0.143 e. The Labute approximate surface area is 135 Å². The molecule has 0 saturated carbocycles. The molecule has 2 aromatic carbocycles. The molecule has 3 nitrogen and oxygen atoms in total. The van der Waals surface area contributed by atoms with Crippen molar-refractivity contribution in [2.45, 2.75) is 13.5 Å². The van der Waals surface area contributed by atoms with Crippen molar-refractivity contribution < 1.29 is 0 Å². The van der Waals surface area contributed by atoms with Crippen LogP contribution in [-0.2, 0) is 6.54 Å². The average molecular weight is 299 g/mol. The van der Waals surface area contributed by atoms with E-state index in [1.165, 1.54) is 11.1 Å². The third-order valence-corrected chi connectivity index (χ3v) is 4.16. The molecule has 0 aliphatic carbocycles. The van der Waals surface area contributed by atoms with E-state index in [4.69, 9.17) is 4.98 Å². The van der Waals surface area contributed by atoms with Gasteiger partial charge in [0.2, 0.25) is 0 Å². The fourth-order valence-electron chi connectivity index (χ4n) is 2.91. The van der Waals surface area contributed by atoms with Crippen LogP contribution in [0.3, 0.4) is 0 Å². The van der Waals surface area contributed by atoms with Crippen molar-refractivity contribution in [3.63, 3.8) is 0 Å². The van der Waals surface area contributed by atoms with Crippen molar-refractivity contribution in [3.8, 4) is 11.4 Å². The summed E-state index contributed by atoms with van der Waals surface area (Å²) in [5.74, 6) is 0.961. The maximum absolute atomic E-state index is 4.83. The zero-order valence-electron chi connectivity index (χ0n) is 13.0. The number of imidazole rings is 1. The number of nitrogens with zero attached hydrogens (tertiary/aromatic N) is 3. The standard InChI is InChI=1S/C20H17N3/c1-15-7-2-3-8-17(15)14-23-19-11-5-4-10-18(19)22-20(23)16-9-6-12-21-13-16/h2-13H,14H2,1H3. The molecular weight excluding hydrogens is 282 g/mol. The first-order valence-electron chi connectivity index (χ1n) is 7.73. The maximum Gasteiger partial charge on any atom is 0.143 e. The second-order valence-corrected chi connectivity index (χ2v) is 5.68. The van der Waals surface area contributed by atoms with Gasteiger partial charge in [0.05, 0.1) is 11.0 Å². The maximum atomic E-state index is 4.83. The van der Waals surface area contributed by atoms with E-state index in [0.717, 1.165) is 29.0 Å². The Kier molecular flexibility index (Phi) is 3.39. The number of benzene rings is 2. The Hall–Kier alpha value is -2.94. The van der Waals surface area contributed by atoms with Crippen LogP contribution >= 0.6 is 0 Å². The van der Waals surface area contributed by atoms with E-state index < -0.39 is 0 Å². The summed E-state index contributed by atoms with van der Waals surface area (Å²) in [5, 5.41) is 0. The summed E-state index contributed by atoms with van der Waals surface area (Å²) in [7, 11) is 0. The molecule has 2 aromatic heterocycles. The predicted octanol–water partition coefficient (Wildman–Crippen LogP) is 4.46. The molecule has 0 unspecified atom stereocenters. The molecule has 3 heteroatoms. The molecular formula is C20H17N3. The summed E-state index contributed by atoms with van der Waals surface area (Å²) in [5.41, 5.74) is 5.80. The first-order chi connectivity index (χ1) is 11.3. The van der Waals surface area contributed by atoms with Gasteiger partial charge in [-0.3, -0.25) is 4.98 Å². The third-order valence-electron chi connectivity index (χ3n) is 4.16. The zero-order valence-corrected chi connectivity index (χ0v) is 13.0. The van der Waals surface area contributed by atoms with E-state index in [1.807, 2.05) is 18.3 Å². The molecule has 0 aliphatic rings. The molecule has 0 spiro atoms. The van der Waals surface area contributed by atoms with Gasteiger partial charge in [-0.05, 0) is 42.3 Å². The molecule has 4 rings (SSSR count). The van der Waals surface area contributed by atoms with Gasteiger partial charge in [-0.15, -0.1) is 0 Å². The summed E-state index contributed by atoms with van der Waals surface area (Å²) < 4.78 is 2.27. The summed E-state index contributed by atoms with van der Waals surface area (Å²) in [6.45, 7) is 2.95. The van der Waals surface area contributed by atoms with E-state index in [1.54, 1.807) is 6.20 Å². The molecule has 23 heavy (non-hydrogen) atoms. The number of aryl methyl sites for hydroxylation is 1. The van der Waals surface area contributed by atoms with Gasteiger partial charge < -0.3 is 4.57 Å².